The predicted molar refractivity (Wildman–Crippen MR) is 259 cm³/mol. The fourth-order valence-corrected chi connectivity index (χ4v) is 12.2. The van der Waals surface area contributed by atoms with E-state index in [0.717, 1.165) is 131 Å². The lowest BCUT2D eigenvalue weighted by atomic mass is 9.95. The largest absolute Gasteiger partial charge is 0.508 e. The van der Waals surface area contributed by atoms with Crippen molar-refractivity contribution in [1.29, 1.82) is 0 Å². The number of phenolic OH excluding ortho intramolecular Hbond substituents is 1. The average Bonchev–Trinajstić information content (AvgIpc) is 3.93. The molecule has 5 aromatic rings. The van der Waals surface area contributed by atoms with Gasteiger partial charge in [-0.05, 0) is 116 Å². The molecule has 12 rings (SSSR count). The van der Waals surface area contributed by atoms with E-state index in [0.29, 0.717) is 54.0 Å². The zero-order valence-electron chi connectivity index (χ0n) is 39.2. The summed E-state index contributed by atoms with van der Waals surface area (Å²) in [6, 6.07) is 15.5. The number of carbonyl (C=O) groups is 3. The minimum atomic E-state index is -0.616. The van der Waals surface area contributed by atoms with Crippen molar-refractivity contribution in [3.63, 3.8) is 0 Å². The number of hydrogen-bond donors (Lipinski definition) is 3. The van der Waals surface area contributed by atoms with Gasteiger partial charge >= 0.3 is 6.01 Å². The third kappa shape index (κ3) is 8.51. The maximum absolute atomic E-state index is 17.2. The predicted octanol–water partition coefficient (Wildman–Crippen LogP) is 6.26. The zero-order valence-corrected chi connectivity index (χ0v) is 39.2. The number of aromatic hydroxyl groups is 1. The first-order chi connectivity index (χ1) is 33.6. The highest BCUT2D eigenvalue weighted by Crippen LogP contribution is 2.47. The SMILES string of the molecule is CCc1cccc2cc(O)cc(-c3ncc4c(N5CC6CCC(C5)N6)nc(OCC5(CN6CCC(OC7CCN(c8ccc9c(c8)CN([C@H]8CCC(=O)NC8=O)C9=O)CC7)CC6)CC5)nc4c3F)c12. The molecule has 3 N–H and O–H groups in total. The molecule has 8 heterocycles. The van der Waals surface area contributed by atoms with Gasteiger partial charge in [-0.1, -0.05) is 25.1 Å². The van der Waals surface area contributed by atoms with Crippen LogP contribution in [0.2, 0.25) is 0 Å². The topological polar surface area (TPSA) is 166 Å². The first-order valence-electron chi connectivity index (χ1n) is 25.2. The Morgan fingerprint density at radius 3 is 2.38 bits per heavy atom. The molecule has 3 amide bonds. The van der Waals surface area contributed by atoms with Crippen LogP contribution in [0.15, 0.2) is 54.7 Å². The van der Waals surface area contributed by atoms with Crippen LogP contribution in [0.4, 0.5) is 15.9 Å². The fraction of sp³-hybridized carbons (Fsp3) is 0.509. The Bertz CT molecular complexity index is 2850. The number of nitrogens with one attached hydrogen (secondary N) is 2. The number of nitrogens with zero attached hydrogens (tertiary/aromatic N) is 7. The number of imide groups is 1. The molecule has 6 aliphatic heterocycles. The van der Waals surface area contributed by atoms with Crippen LogP contribution in [0.3, 0.4) is 0 Å². The number of aromatic nitrogens is 3. The van der Waals surface area contributed by atoms with Crippen LogP contribution in [-0.2, 0) is 27.3 Å². The molecule has 1 aliphatic carbocycles. The maximum atomic E-state index is 17.2. The number of amides is 3. The van der Waals surface area contributed by atoms with Crippen molar-refractivity contribution >= 4 is 50.9 Å². The van der Waals surface area contributed by atoms with Crippen LogP contribution in [0, 0.1) is 11.2 Å². The Balaban J connectivity index is 0.678. The van der Waals surface area contributed by atoms with Crippen LogP contribution in [0.25, 0.3) is 32.9 Å². The second-order valence-electron chi connectivity index (χ2n) is 20.7. The van der Waals surface area contributed by atoms with Crippen LogP contribution in [-0.4, -0.2) is 130 Å². The fourth-order valence-electron chi connectivity index (χ4n) is 12.2. The number of benzene rings is 3. The van der Waals surface area contributed by atoms with Gasteiger partial charge in [-0.3, -0.25) is 24.7 Å². The van der Waals surface area contributed by atoms with Crippen molar-refractivity contribution in [2.45, 2.75) is 114 Å². The molecule has 16 heteroatoms. The van der Waals surface area contributed by atoms with Gasteiger partial charge in [-0.25, -0.2) is 4.39 Å². The second-order valence-corrected chi connectivity index (χ2v) is 20.7. The number of pyridine rings is 1. The number of fused-ring (bicyclic) bond motifs is 5. The quantitative estimate of drug-likeness (QED) is 0.120. The molecule has 2 bridgehead atoms. The number of halogens is 1. The van der Waals surface area contributed by atoms with Gasteiger partial charge < -0.3 is 39.5 Å². The molecule has 69 heavy (non-hydrogen) atoms. The Hall–Kier alpha value is -5.97. The van der Waals surface area contributed by atoms with Crippen molar-refractivity contribution in [3.8, 4) is 23.0 Å². The van der Waals surface area contributed by atoms with E-state index in [2.05, 4.69) is 38.3 Å². The molecule has 3 aromatic carbocycles. The van der Waals surface area contributed by atoms with Gasteiger partial charge in [0.05, 0.1) is 24.2 Å². The van der Waals surface area contributed by atoms with Gasteiger partial charge in [-0.15, -0.1) is 0 Å². The number of piperazine rings is 1. The second kappa shape index (κ2) is 17.8. The highest BCUT2D eigenvalue weighted by molar-refractivity contribution is 6.06. The number of ether oxygens (including phenoxy) is 2. The first kappa shape index (κ1) is 44.3. The molecule has 7 aliphatic rings. The van der Waals surface area contributed by atoms with Gasteiger partial charge in [0.25, 0.3) is 5.91 Å². The molecule has 0 spiro atoms. The molecular weight excluding hydrogens is 878 g/mol. The monoisotopic (exact) mass is 937 g/mol. The van der Waals surface area contributed by atoms with Crippen molar-refractivity contribution < 1.29 is 33.4 Å². The number of carbonyl (C=O) groups excluding carboxylic acids is 3. The number of hydrogen-bond acceptors (Lipinski definition) is 13. The Morgan fingerprint density at radius 1 is 0.870 bits per heavy atom. The van der Waals surface area contributed by atoms with Gasteiger partial charge in [-0.2, -0.15) is 9.97 Å². The first-order valence-corrected chi connectivity index (χ1v) is 25.2. The van der Waals surface area contributed by atoms with Gasteiger partial charge in [0.1, 0.15) is 28.8 Å². The van der Waals surface area contributed by atoms with E-state index in [1.54, 1.807) is 23.2 Å². The van der Waals surface area contributed by atoms with E-state index < -0.39 is 17.8 Å². The van der Waals surface area contributed by atoms with Crippen LogP contribution in [0.5, 0.6) is 11.8 Å². The number of rotatable bonds is 12. The summed E-state index contributed by atoms with van der Waals surface area (Å²) in [5.74, 6) is -0.668. The van der Waals surface area contributed by atoms with E-state index in [9.17, 15) is 19.5 Å². The minimum Gasteiger partial charge on any atom is -0.508 e. The summed E-state index contributed by atoms with van der Waals surface area (Å²) < 4.78 is 30.5. The number of piperidine rings is 3. The summed E-state index contributed by atoms with van der Waals surface area (Å²) in [6.07, 6.45) is 11.6. The summed E-state index contributed by atoms with van der Waals surface area (Å²) in [4.78, 5) is 60.7. The van der Waals surface area contributed by atoms with Crippen molar-refractivity contribution in [3.05, 3.63) is 77.2 Å². The summed E-state index contributed by atoms with van der Waals surface area (Å²) in [5.41, 5.74) is 4.54. The molecular formula is C53H60FN9O6. The third-order valence-electron chi connectivity index (χ3n) is 16.1. The summed E-state index contributed by atoms with van der Waals surface area (Å²) in [6.45, 7) is 9.01. The number of likely N-dealkylation sites (tertiary alicyclic amines) is 1. The van der Waals surface area contributed by atoms with E-state index in [-0.39, 0.29) is 58.8 Å². The highest BCUT2D eigenvalue weighted by atomic mass is 19.1. The smallest absolute Gasteiger partial charge is 0.319 e. The Morgan fingerprint density at radius 2 is 1.64 bits per heavy atom. The number of anilines is 2. The Kier molecular flexibility index (Phi) is 11.4. The van der Waals surface area contributed by atoms with Gasteiger partial charge in [0, 0.05) is 99.3 Å². The van der Waals surface area contributed by atoms with Gasteiger partial charge in [0.15, 0.2) is 5.82 Å². The van der Waals surface area contributed by atoms with Crippen LogP contribution >= 0.6 is 0 Å². The summed E-state index contributed by atoms with van der Waals surface area (Å²) >= 11 is 0. The van der Waals surface area contributed by atoms with E-state index in [1.807, 2.05) is 30.3 Å². The molecule has 6 fully saturated rings. The van der Waals surface area contributed by atoms with Crippen LogP contribution in [0.1, 0.15) is 92.6 Å². The summed E-state index contributed by atoms with van der Waals surface area (Å²) in [5, 5.41) is 19.1. The summed E-state index contributed by atoms with van der Waals surface area (Å²) in [7, 11) is 0. The maximum Gasteiger partial charge on any atom is 0.319 e. The molecule has 0 radical (unpaired) electrons. The minimum absolute atomic E-state index is 0.0137. The third-order valence-corrected chi connectivity index (χ3v) is 16.1. The molecule has 15 nitrogen and oxygen atoms in total. The zero-order chi connectivity index (χ0) is 47.0. The van der Waals surface area contributed by atoms with Crippen molar-refractivity contribution in [1.82, 2.24) is 35.4 Å². The van der Waals surface area contributed by atoms with E-state index in [4.69, 9.17) is 24.4 Å². The molecule has 1 saturated carbocycles. The molecule has 3 atom stereocenters. The van der Waals surface area contributed by atoms with Crippen LogP contribution < -0.4 is 25.2 Å². The molecule has 5 saturated heterocycles. The molecule has 360 valence electrons. The highest BCUT2D eigenvalue weighted by Gasteiger charge is 2.46. The molecule has 2 unspecified atom stereocenters. The van der Waals surface area contributed by atoms with Crippen molar-refractivity contribution in [2.75, 3.05) is 62.2 Å². The normalized spacial score (nSPS) is 24.1. The lowest BCUT2D eigenvalue weighted by Gasteiger charge is -2.38. The van der Waals surface area contributed by atoms with E-state index in [1.165, 1.54) is 0 Å². The van der Waals surface area contributed by atoms with Gasteiger partial charge in [0.2, 0.25) is 11.8 Å². The lowest BCUT2D eigenvalue weighted by Crippen LogP contribution is -2.52. The molecule has 2 aromatic heterocycles. The Labute approximate surface area is 400 Å². The van der Waals surface area contributed by atoms with Crippen molar-refractivity contribution in [2.24, 2.45) is 5.41 Å². The average molecular weight is 938 g/mol. The number of aryl methyl sites for hydroxylation is 1. The standard InChI is InChI=1S/C53H60FN9O6/c1-2-31-4-3-5-32-23-37(64)24-41(45(31)32)47-46(54)48-42(25-55-47)49(62-27-34-6-7-35(28-62)56-34)59-52(58-48)68-30-53(16-17-53)29-60-18-12-38(13-19-60)69-39-14-20-61(21-15-39)36-8-9-40-33(22-36)26-63(51(40)67)43-10-11-44(65)57-50(43)66/h3-5,8-9,22-25,34-35,38-39,43,56,64H,2,6-7,10-21,26-30H2,1H3,(H,57,65,66)/t34?,35?,43-/m0/s1. The van der Waals surface area contributed by atoms with E-state index >= 15 is 4.39 Å². The number of phenols is 1. The lowest BCUT2D eigenvalue weighted by molar-refractivity contribution is -0.136.